The van der Waals surface area contributed by atoms with Crippen LogP contribution in [0.1, 0.15) is 0 Å². The number of hydrogen-bond donors (Lipinski definition) is 3. The van der Waals surface area contributed by atoms with Crippen molar-refractivity contribution in [1.82, 2.24) is 5.32 Å². The maximum absolute atomic E-state index is 11.9. The summed E-state index contributed by atoms with van der Waals surface area (Å²) in [6.45, 7) is 0. The van der Waals surface area contributed by atoms with Crippen molar-refractivity contribution >= 4 is 23.2 Å². The second kappa shape index (κ2) is 6.13. The lowest BCUT2D eigenvalue weighted by molar-refractivity contribution is -0.123. The van der Waals surface area contributed by atoms with Crippen molar-refractivity contribution in [1.29, 1.82) is 0 Å². The zero-order chi connectivity index (χ0) is 15.4. The predicted molar refractivity (Wildman–Crippen MR) is 85.2 cm³/mol. The van der Waals surface area contributed by atoms with Crippen molar-refractivity contribution in [3.05, 3.63) is 72.3 Å². The number of nitrogens with one attached hydrogen (secondary N) is 3. The molecule has 0 radical (unpaired) electrons. The lowest BCUT2D eigenvalue weighted by Crippen LogP contribution is -2.35. The minimum absolute atomic E-state index is 0.359. The number of rotatable bonds is 5. The molecule has 3 N–H and O–H groups in total. The predicted octanol–water partition coefficient (Wildman–Crippen LogP) is 2.12. The molecule has 5 nitrogen and oxygen atoms in total. The molecule has 2 aromatic carbocycles. The first-order chi connectivity index (χ1) is 10.7. The first kappa shape index (κ1) is 13.9. The molecule has 22 heavy (non-hydrogen) atoms. The smallest absolute Gasteiger partial charge is 0.258 e. The molecular formula is C17H15N3O2. The number of para-hydroxylation sites is 2. The van der Waals surface area contributed by atoms with E-state index in [1.165, 1.54) is 6.08 Å². The van der Waals surface area contributed by atoms with E-state index in [0.717, 1.165) is 11.4 Å². The number of anilines is 2. The summed E-state index contributed by atoms with van der Waals surface area (Å²) in [6.07, 6.45) is 0.815. The summed E-state index contributed by atoms with van der Waals surface area (Å²) in [5.41, 5.74) is 2.06. The minimum Gasteiger partial charge on any atom is -0.361 e. The SMILES string of the molecule is O=C1C=C(C(Nc2ccccc2)Nc2ccccc2)C(=O)N1. The standard InChI is InChI=1S/C17H15N3O2/c21-15-11-14(17(22)20-15)16(18-12-7-3-1-4-8-12)19-13-9-5-2-6-10-13/h1-11,16,18-19H,(H,20,21,22). The average Bonchev–Trinajstić information content (AvgIpc) is 2.87. The molecular weight excluding hydrogens is 278 g/mol. The Labute approximate surface area is 128 Å². The monoisotopic (exact) mass is 293 g/mol. The molecule has 0 spiro atoms. The fraction of sp³-hybridized carbons (Fsp3) is 0.0588. The number of benzene rings is 2. The first-order valence-electron chi connectivity index (χ1n) is 6.92. The van der Waals surface area contributed by atoms with Crippen molar-refractivity contribution in [2.45, 2.75) is 6.17 Å². The van der Waals surface area contributed by atoms with Crippen molar-refractivity contribution in [2.75, 3.05) is 10.6 Å². The lowest BCUT2D eigenvalue weighted by Gasteiger charge is -2.22. The van der Waals surface area contributed by atoms with Gasteiger partial charge in [0.1, 0.15) is 6.17 Å². The van der Waals surface area contributed by atoms with E-state index < -0.39 is 12.1 Å². The summed E-state index contributed by atoms with van der Waals surface area (Å²) in [5.74, 6) is -0.781. The number of amides is 2. The molecule has 0 atom stereocenters. The van der Waals surface area contributed by atoms with E-state index in [9.17, 15) is 9.59 Å². The number of carbonyl (C=O) groups is 2. The minimum atomic E-state index is -0.503. The summed E-state index contributed by atoms with van der Waals surface area (Å²) in [5, 5.41) is 8.72. The van der Waals surface area contributed by atoms with Crippen LogP contribution < -0.4 is 16.0 Å². The van der Waals surface area contributed by atoms with Crippen LogP contribution in [0.25, 0.3) is 0 Å². The third-order valence-corrected chi connectivity index (χ3v) is 3.27. The molecule has 1 heterocycles. The van der Waals surface area contributed by atoms with Gasteiger partial charge in [0.2, 0.25) is 0 Å². The molecule has 110 valence electrons. The lowest BCUT2D eigenvalue weighted by atomic mass is 10.1. The molecule has 5 heteroatoms. The third-order valence-electron chi connectivity index (χ3n) is 3.27. The Kier molecular flexibility index (Phi) is 3.87. The van der Waals surface area contributed by atoms with Gasteiger partial charge in [0.05, 0.1) is 5.57 Å². The van der Waals surface area contributed by atoms with E-state index in [2.05, 4.69) is 16.0 Å². The van der Waals surface area contributed by atoms with Crippen LogP contribution in [0.2, 0.25) is 0 Å². The highest BCUT2D eigenvalue weighted by atomic mass is 16.2. The molecule has 0 aliphatic carbocycles. The van der Waals surface area contributed by atoms with E-state index in [1.54, 1.807) is 0 Å². The molecule has 0 aromatic heterocycles. The average molecular weight is 293 g/mol. The normalized spacial score (nSPS) is 13.8. The largest absolute Gasteiger partial charge is 0.361 e. The van der Waals surface area contributed by atoms with E-state index in [-0.39, 0.29) is 5.91 Å². The van der Waals surface area contributed by atoms with Crippen LogP contribution in [0.3, 0.4) is 0 Å². The topological polar surface area (TPSA) is 70.2 Å². The Balaban J connectivity index is 1.87. The quantitative estimate of drug-likeness (QED) is 0.583. The fourth-order valence-corrected chi connectivity index (χ4v) is 2.24. The van der Waals surface area contributed by atoms with Crippen molar-refractivity contribution < 1.29 is 9.59 Å². The summed E-state index contributed by atoms with van der Waals surface area (Å²) in [4.78, 5) is 23.3. The summed E-state index contributed by atoms with van der Waals surface area (Å²) in [6, 6.07) is 19.0. The highest BCUT2D eigenvalue weighted by Crippen LogP contribution is 2.18. The van der Waals surface area contributed by atoms with Gasteiger partial charge in [0, 0.05) is 17.5 Å². The zero-order valence-electron chi connectivity index (χ0n) is 11.7. The van der Waals surface area contributed by atoms with Gasteiger partial charge < -0.3 is 10.6 Å². The molecule has 2 amide bonds. The van der Waals surface area contributed by atoms with E-state index >= 15 is 0 Å². The molecule has 0 saturated carbocycles. The van der Waals surface area contributed by atoms with Gasteiger partial charge in [-0.25, -0.2) is 0 Å². The van der Waals surface area contributed by atoms with E-state index in [4.69, 9.17) is 0 Å². The van der Waals surface area contributed by atoms with Crippen LogP contribution in [0.4, 0.5) is 11.4 Å². The highest BCUT2D eigenvalue weighted by Gasteiger charge is 2.28. The zero-order valence-corrected chi connectivity index (χ0v) is 11.7. The second-order valence-electron chi connectivity index (χ2n) is 4.87. The van der Waals surface area contributed by atoms with Crippen molar-refractivity contribution in [3.8, 4) is 0 Å². The highest BCUT2D eigenvalue weighted by molar-refractivity contribution is 6.17. The van der Waals surface area contributed by atoms with Crippen LogP contribution >= 0.6 is 0 Å². The molecule has 0 fully saturated rings. The molecule has 0 saturated heterocycles. The molecule has 0 unspecified atom stereocenters. The Morgan fingerprint density at radius 3 is 1.68 bits per heavy atom. The van der Waals surface area contributed by atoms with Crippen LogP contribution in [0.5, 0.6) is 0 Å². The van der Waals surface area contributed by atoms with Gasteiger partial charge >= 0.3 is 0 Å². The Morgan fingerprint density at radius 1 is 0.773 bits per heavy atom. The van der Waals surface area contributed by atoms with Gasteiger partial charge in [-0.2, -0.15) is 0 Å². The summed E-state index contributed by atoms with van der Waals surface area (Å²) < 4.78 is 0. The fourth-order valence-electron chi connectivity index (χ4n) is 2.24. The van der Waals surface area contributed by atoms with Crippen molar-refractivity contribution in [2.24, 2.45) is 0 Å². The Hall–Kier alpha value is -3.08. The second-order valence-corrected chi connectivity index (χ2v) is 4.87. The number of carbonyl (C=O) groups excluding carboxylic acids is 2. The van der Waals surface area contributed by atoms with Gasteiger partial charge in [0.15, 0.2) is 0 Å². The van der Waals surface area contributed by atoms with Gasteiger partial charge in [-0.1, -0.05) is 36.4 Å². The first-order valence-corrected chi connectivity index (χ1v) is 6.92. The van der Waals surface area contributed by atoms with Gasteiger partial charge in [-0.15, -0.1) is 0 Å². The summed E-state index contributed by atoms with van der Waals surface area (Å²) in [7, 11) is 0. The maximum Gasteiger partial charge on any atom is 0.258 e. The van der Waals surface area contributed by atoms with Crippen LogP contribution in [0, 0.1) is 0 Å². The number of imide groups is 1. The van der Waals surface area contributed by atoms with Crippen LogP contribution in [-0.4, -0.2) is 18.0 Å². The maximum atomic E-state index is 11.9. The summed E-state index contributed by atoms with van der Waals surface area (Å²) >= 11 is 0. The van der Waals surface area contributed by atoms with Gasteiger partial charge in [0.25, 0.3) is 11.8 Å². The molecule has 0 bridgehead atoms. The number of hydrogen-bond acceptors (Lipinski definition) is 4. The molecule has 1 aliphatic heterocycles. The molecule has 2 aromatic rings. The molecule has 1 aliphatic rings. The van der Waals surface area contributed by atoms with Crippen LogP contribution in [-0.2, 0) is 9.59 Å². The van der Waals surface area contributed by atoms with Crippen LogP contribution in [0.15, 0.2) is 72.3 Å². The van der Waals surface area contributed by atoms with E-state index in [0.29, 0.717) is 5.57 Å². The van der Waals surface area contributed by atoms with Crippen molar-refractivity contribution in [3.63, 3.8) is 0 Å². The molecule has 3 rings (SSSR count). The van der Waals surface area contributed by atoms with Gasteiger partial charge in [-0.05, 0) is 24.3 Å². The van der Waals surface area contributed by atoms with Gasteiger partial charge in [-0.3, -0.25) is 14.9 Å². The third kappa shape index (κ3) is 3.15. The Morgan fingerprint density at radius 2 is 1.27 bits per heavy atom. The Bertz CT molecular complexity index is 670. The van der Waals surface area contributed by atoms with E-state index in [1.807, 2.05) is 60.7 Å².